The Morgan fingerprint density at radius 1 is 1.56 bits per heavy atom. The molecular formula is C11H17N3O2. The Hall–Kier alpha value is -1.36. The summed E-state index contributed by atoms with van der Waals surface area (Å²) in [5.41, 5.74) is -0.128. The minimum absolute atomic E-state index is 0.128. The van der Waals surface area contributed by atoms with E-state index in [1.807, 2.05) is 19.0 Å². The van der Waals surface area contributed by atoms with Gasteiger partial charge in [0.05, 0.1) is 6.07 Å². The largest absolute Gasteiger partial charge is 0.476 e. The second-order valence-electron chi connectivity index (χ2n) is 4.39. The number of nitrogens with zero attached hydrogens (tertiary/aromatic N) is 2. The smallest absolute Gasteiger partial charge is 0.254 e. The van der Waals surface area contributed by atoms with Crippen LogP contribution in [0, 0.1) is 0 Å². The summed E-state index contributed by atoms with van der Waals surface area (Å²) in [7, 11) is 3.95. The summed E-state index contributed by atoms with van der Waals surface area (Å²) in [6.07, 6.45) is 2.23. The third-order valence-electron chi connectivity index (χ3n) is 2.49. The van der Waals surface area contributed by atoms with Crippen LogP contribution in [0.25, 0.3) is 0 Å². The van der Waals surface area contributed by atoms with Crippen molar-refractivity contribution in [3.05, 3.63) is 22.2 Å². The molecule has 0 bridgehead atoms. The van der Waals surface area contributed by atoms with E-state index >= 15 is 0 Å². The fraction of sp³-hybridized carbons (Fsp3) is 0.636. The number of ether oxygens (including phenoxy) is 1. The van der Waals surface area contributed by atoms with Gasteiger partial charge in [-0.25, -0.2) is 0 Å². The van der Waals surface area contributed by atoms with E-state index in [0.29, 0.717) is 18.4 Å². The summed E-state index contributed by atoms with van der Waals surface area (Å²) in [5.74, 6) is 1.64. The van der Waals surface area contributed by atoms with Gasteiger partial charge in [-0.3, -0.25) is 4.79 Å². The van der Waals surface area contributed by atoms with E-state index in [4.69, 9.17) is 4.74 Å². The van der Waals surface area contributed by atoms with Crippen LogP contribution in [0.1, 0.15) is 24.6 Å². The van der Waals surface area contributed by atoms with E-state index in [2.05, 4.69) is 9.97 Å². The van der Waals surface area contributed by atoms with Crippen LogP contribution >= 0.6 is 0 Å². The molecule has 1 heterocycles. The third kappa shape index (κ3) is 3.06. The van der Waals surface area contributed by atoms with Crippen molar-refractivity contribution in [2.45, 2.75) is 18.8 Å². The van der Waals surface area contributed by atoms with Gasteiger partial charge in [0.2, 0.25) is 5.88 Å². The Morgan fingerprint density at radius 3 is 2.94 bits per heavy atom. The van der Waals surface area contributed by atoms with E-state index < -0.39 is 0 Å². The maximum absolute atomic E-state index is 11.4. The second kappa shape index (κ2) is 4.65. The summed E-state index contributed by atoms with van der Waals surface area (Å²) in [6.45, 7) is 1.36. The van der Waals surface area contributed by atoms with Crippen molar-refractivity contribution in [3.63, 3.8) is 0 Å². The van der Waals surface area contributed by atoms with Crippen molar-refractivity contribution in [1.29, 1.82) is 0 Å². The molecule has 0 unspecified atom stereocenters. The van der Waals surface area contributed by atoms with Crippen molar-refractivity contribution in [2.75, 3.05) is 27.2 Å². The fourth-order valence-corrected chi connectivity index (χ4v) is 1.41. The van der Waals surface area contributed by atoms with Gasteiger partial charge in [0, 0.05) is 12.5 Å². The van der Waals surface area contributed by atoms with Crippen LogP contribution in [0.15, 0.2) is 10.9 Å². The molecule has 5 heteroatoms. The predicted octanol–water partition coefficient (Wildman–Crippen LogP) is 0.588. The number of hydrogen-bond donors (Lipinski definition) is 1. The molecule has 0 amide bonds. The van der Waals surface area contributed by atoms with Crippen molar-refractivity contribution >= 4 is 0 Å². The molecule has 0 saturated heterocycles. The third-order valence-corrected chi connectivity index (χ3v) is 2.49. The SMILES string of the molecule is CN(C)CCOc1cc(=O)[nH]c(C2CC2)n1. The average Bonchev–Trinajstić information content (AvgIpc) is 2.99. The van der Waals surface area contributed by atoms with Gasteiger partial charge in [-0.15, -0.1) is 0 Å². The molecule has 0 aromatic carbocycles. The zero-order chi connectivity index (χ0) is 11.5. The molecule has 0 atom stereocenters. The Labute approximate surface area is 94.5 Å². The molecule has 1 fully saturated rings. The van der Waals surface area contributed by atoms with Crippen LogP contribution in [-0.2, 0) is 0 Å². The number of likely N-dealkylation sites (N-methyl/N-ethyl adjacent to an activating group) is 1. The van der Waals surface area contributed by atoms with Gasteiger partial charge >= 0.3 is 0 Å². The van der Waals surface area contributed by atoms with Crippen LogP contribution in [0.4, 0.5) is 0 Å². The maximum Gasteiger partial charge on any atom is 0.254 e. The fourth-order valence-electron chi connectivity index (χ4n) is 1.41. The second-order valence-corrected chi connectivity index (χ2v) is 4.39. The highest BCUT2D eigenvalue weighted by Crippen LogP contribution is 2.37. The molecule has 1 saturated carbocycles. The number of rotatable bonds is 5. The molecule has 0 aliphatic heterocycles. The van der Waals surface area contributed by atoms with Gasteiger partial charge in [-0.1, -0.05) is 0 Å². The lowest BCUT2D eigenvalue weighted by Gasteiger charge is -2.10. The first-order valence-electron chi connectivity index (χ1n) is 5.54. The topological polar surface area (TPSA) is 58.2 Å². The van der Waals surface area contributed by atoms with E-state index in [-0.39, 0.29) is 5.56 Å². The summed E-state index contributed by atoms with van der Waals surface area (Å²) < 4.78 is 5.44. The zero-order valence-electron chi connectivity index (χ0n) is 9.69. The summed E-state index contributed by atoms with van der Waals surface area (Å²) in [6, 6.07) is 1.40. The molecule has 88 valence electrons. The Balaban J connectivity index is 2.00. The van der Waals surface area contributed by atoms with Gasteiger partial charge in [0.1, 0.15) is 12.4 Å². The molecule has 0 radical (unpaired) electrons. The monoisotopic (exact) mass is 223 g/mol. The van der Waals surface area contributed by atoms with E-state index in [1.165, 1.54) is 6.07 Å². The first-order chi connectivity index (χ1) is 7.65. The number of aromatic amines is 1. The van der Waals surface area contributed by atoms with Gasteiger partial charge in [0.25, 0.3) is 5.56 Å². The van der Waals surface area contributed by atoms with E-state index in [0.717, 1.165) is 25.2 Å². The van der Waals surface area contributed by atoms with Crippen LogP contribution in [0.3, 0.4) is 0 Å². The lowest BCUT2D eigenvalue weighted by atomic mass is 10.4. The van der Waals surface area contributed by atoms with E-state index in [1.54, 1.807) is 0 Å². The minimum Gasteiger partial charge on any atom is -0.476 e. The van der Waals surface area contributed by atoms with Gasteiger partial charge < -0.3 is 14.6 Å². The standard InChI is InChI=1S/C11H17N3O2/c1-14(2)5-6-16-10-7-9(15)12-11(13-10)8-3-4-8/h7-8H,3-6H2,1-2H3,(H,12,13,15). The number of nitrogens with one attached hydrogen (secondary N) is 1. The number of H-pyrrole nitrogens is 1. The quantitative estimate of drug-likeness (QED) is 0.793. The molecule has 5 nitrogen and oxygen atoms in total. The van der Waals surface area contributed by atoms with Crippen LogP contribution in [-0.4, -0.2) is 42.1 Å². The van der Waals surface area contributed by atoms with Crippen molar-refractivity contribution in [3.8, 4) is 5.88 Å². The van der Waals surface area contributed by atoms with E-state index in [9.17, 15) is 4.79 Å². The Bertz CT molecular complexity index is 410. The molecule has 16 heavy (non-hydrogen) atoms. The summed E-state index contributed by atoms with van der Waals surface area (Å²) in [5, 5.41) is 0. The normalized spacial score (nSPS) is 15.4. The van der Waals surface area contributed by atoms with Crippen molar-refractivity contribution in [2.24, 2.45) is 0 Å². The molecule has 1 aromatic heterocycles. The first kappa shape index (κ1) is 11.1. The Kier molecular flexibility index (Phi) is 3.24. The molecule has 1 aromatic rings. The predicted molar refractivity (Wildman–Crippen MR) is 60.9 cm³/mol. The van der Waals surface area contributed by atoms with Crippen molar-refractivity contribution in [1.82, 2.24) is 14.9 Å². The highest BCUT2D eigenvalue weighted by atomic mass is 16.5. The van der Waals surface area contributed by atoms with Crippen LogP contribution in [0.5, 0.6) is 5.88 Å². The molecular weight excluding hydrogens is 206 g/mol. The number of hydrogen-bond acceptors (Lipinski definition) is 4. The van der Waals surface area contributed by atoms with Crippen molar-refractivity contribution < 1.29 is 4.74 Å². The lowest BCUT2D eigenvalue weighted by Crippen LogP contribution is -2.20. The first-order valence-corrected chi connectivity index (χ1v) is 5.54. The Morgan fingerprint density at radius 2 is 2.31 bits per heavy atom. The minimum atomic E-state index is -0.128. The van der Waals surface area contributed by atoms with Gasteiger partial charge in [-0.2, -0.15) is 4.98 Å². The van der Waals surface area contributed by atoms with Gasteiger partial charge in [0.15, 0.2) is 0 Å². The summed E-state index contributed by atoms with van der Waals surface area (Å²) in [4.78, 5) is 20.4. The summed E-state index contributed by atoms with van der Waals surface area (Å²) >= 11 is 0. The molecule has 0 spiro atoms. The van der Waals surface area contributed by atoms with Gasteiger partial charge in [-0.05, 0) is 26.9 Å². The number of aromatic nitrogens is 2. The molecule has 1 N–H and O–H groups in total. The lowest BCUT2D eigenvalue weighted by molar-refractivity contribution is 0.252. The van der Waals surface area contributed by atoms with Crippen LogP contribution < -0.4 is 10.3 Å². The maximum atomic E-state index is 11.4. The highest BCUT2D eigenvalue weighted by molar-refractivity contribution is 5.14. The average molecular weight is 223 g/mol. The van der Waals surface area contributed by atoms with Crippen LogP contribution in [0.2, 0.25) is 0 Å². The molecule has 2 rings (SSSR count). The zero-order valence-corrected chi connectivity index (χ0v) is 9.69. The molecule has 1 aliphatic rings. The highest BCUT2D eigenvalue weighted by Gasteiger charge is 2.26. The molecule has 1 aliphatic carbocycles.